The molecule has 10 heteroatoms. The zero-order valence-electron chi connectivity index (χ0n) is 14.6. The quantitative estimate of drug-likeness (QED) is 0.752. The zero-order chi connectivity index (χ0) is 19.6. The van der Waals surface area contributed by atoms with Crippen molar-refractivity contribution in [1.29, 1.82) is 0 Å². The minimum Gasteiger partial charge on any atom is -0.349 e. The van der Waals surface area contributed by atoms with Crippen LogP contribution in [0.2, 0.25) is 0 Å². The van der Waals surface area contributed by atoms with E-state index in [2.05, 4.69) is 20.6 Å². The van der Waals surface area contributed by atoms with Crippen LogP contribution in [0.5, 0.6) is 0 Å². The van der Waals surface area contributed by atoms with Gasteiger partial charge in [0.1, 0.15) is 0 Å². The monoisotopic (exact) mass is 383 g/mol. The van der Waals surface area contributed by atoms with Crippen molar-refractivity contribution in [2.24, 2.45) is 0 Å². The molecule has 2 heterocycles. The summed E-state index contributed by atoms with van der Waals surface area (Å²) >= 11 is 0. The summed E-state index contributed by atoms with van der Waals surface area (Å²) in [6.07, 6.45) is -3.07. The van der Waals surface area contributed by atoms with Crippen LogP contribution in [0.15, 0.2) is 33.9 Å². The summed E-state index contributed by atoms with van der Waals surface area (Å²) < 4.78 is 39.0. The Balaban J connectivity index is 1.77. The number of halogens is 3. The van der Waals surface area contributed by atoms with E-state index in [0.29, 0.717) is 18.4 Å². The fraction of sp³-hybridized carbons (Fsp3) is 0.471. The molecular weight excluding hydrogens is 363 g/mol. The van der Waals surface area contributed by atoms with Gasteiger partial charge in [-0.3, -0.25) is 4.98 Å². The van der Waals surface area contributed by atoms with E-state index in [1.807, 2.05) is 0 Å². The number of anilines is 1. The molecule has 2 aromatic rings. The molecule has 1 fully saturated rings. The van der Waals surface area contributed by atoms with Crippen molar-refractivity contribution in [2.45, 2.75) is 38.0 Å². The van der Waals surface area contributed by atoms with Gasteiger partial charge in [0.2, 0.25) is 5.95 Å². The van der Waals surface area contributed by atoms with Crippen molar-refractivity contribution in [1.82, 2.24) is 19.9 Å². The molecule has 146 valence electrons. The molecule has 0 amide bonds. The Morgan fingerprint density at radius 1 is 1.19 bits per heavy atom. The van der Waals surface area contributed by atoms with Crippen LogP contribution in [-0.4, -0.2) is 27.6 Å². The lowest BCUT2D eigenvalue weighted by Gasteiger charge is -2.23. The van der Waals surface area contributed by atoms with Gasteiger partial charge in [0.15, 0.2) is 0 Å². The van der Waals surface area contributed by atoms with E-state index < -0.39 is 29.2 Å². The lowest BCUT2D eigenvalue weighted by Crippen LogP contribution is -2.43. The molecule has 0 aliphatic carbocycles. The number of rotatable bonds is 4. The maximum atomic E-state index is 12.6. The number of nitrogens with one attached hydrogen (secondary N) is 3. The molecule has 1 saturated heterocycles. The molecule has 1 aliphatic heterocycles. The smallest absolute Gasteiger partial charge is 0.349 e. The molecule has 1 atom stereocenters. The van der Waals surface area contributed by atoms with Crippen LogP contribution in [0.4, 0.5) is 19.1 Å². The molecule has 1 unspecified atom stereocenters. The second kappa shape index (κ2) is 7.55. The summed E-state index contributed by atoms with van der Waals surface area (Å²) in [5.74, 6) is -0.0115. The topological polar surface area (TPSA) is 91.8 Å². The fourth-order valence-electron chi connectivity index (χ4n) is 3.13. The third kappa shape index (κ3) is 4.38. The van der Waals surface area contributed by atoms with Crippen LogP contribution >= 0.6 is 0 Å². The first-order chi connectivity index (χ1) is 12.8. The number of hydrogen-bond acceptors (Lipinski definition) is 5. The highest BCUT2D eigenvalue weighted by atomic mass is 19.4. The number of nitrogens with zero attached hydrogens (tertiary/aromatic N) is 2. The summed E-state index contributed by atoms with van der Waals surface area (Å²) in [5.41, 5.74) is -1.38. The predicted octanol–water partition coefficient (Wildman–Crippen LogP) is 2.05. The summed E-state index contributed by atoms with van der Waals surface area (Å²) in [5, 5.41) is 6.02. The van der Waals surface area contributed by atoms with Crippen molar-refractivity contribution >= 4 is 5.95 Å². The average molecular weight is 383 g/mol. The highest BCUT2D eigenvalue weighted by Crippen LogP contribution is 2.30. The Hall–Kier alpha value is -2.62. The fourth-order valence-corrected chi connectivity index (χ4v) is 3.13. The van der Waals surface area contributed by atoms with E-state index in [0.717, 1.165) is 29.8 Å². The lowest BCUT2D eigenvalue weighted by molar-refractivity contribution is -0.137. The van der Waals surface area contributed by atoms with Gasteiger partial charge >= 0.3 is 17.6 Å². The Labute approximate surface area is 152 Å². The second-order valence-electron chi connectivity index (χ2n) is 6.51. The van der Waals surface area contributed by atoms with Crippen LogP contribution in [-0.2, 0) is 6.18 Å². The van der Waals surface area contributed by atoms with Gasteiger partial charge in [0.25, 0.3) is 0 Å². The average Bonchev–Trinajstić information content (AvgIpc) is 2.61. The van der Waals surface area contributed by atoms with Crippen LogP contribution in [0, 0.1) is 0 Å². The van der Waals surface area contributed by atoms with Gasteiger partial charge < -0.3 is 10.6 Å². The lowest BCUT2D eigenvalue weighted by atomic mass is 10.1. The number of alkyl halides is 3. The Morgan fingerprint density at radius 3 is 2.37 bits per heavy atom. The third-order valence-corrected chi connectivity index (χ3v) is 4.62. The summed E-state index contributed by atoms with van der Waals surface area (Å²) in [4.78, 5) is 31.0. The predicted molar refractivity (Wildman–Crippen MR) is 93.7 cm³/mol. The summed E-state index contributed by atoms with van der Waals surface area (Å²) in [6.45, 7) is 3.14. The van der Waals surface area contributed by atoms with Crippen LogP contribution < -0.4 is 22.0 Å². The Kier molecular flexibility index (Phi) is 5.36. The minimum atomic E-state index is -4.40. The Bertz CT molecular complexity index is 867. The molecule has 27 heavy (non-hydrogen) atoms. The van der Waals surface area contributed by atoms with Crippen molar-refractivity contribution in [3.05, 3.63) is 56.4 Å². The molecule has 3 rings (SSSR count). The van der Waals surface area contributed by atoms with E-state index in [4.69, 9.17) is 0 Å². The van der Waals surface area contributed by atoms with Crippen molar-refractivity contribution < 1.29 is 13.2 Å². The van der Waals surface area contributed by atoms with Crippen LogP contribution in [0.1, 0.15) is 43.0 Å². The molecule has 1 aromatic carbocycles. The van der Waals surface area contributed by atoms with E-state index in [1.165, 1.54) is 12.1 Å². The number of piperidine rings is 1. The molecule has 0 radical (unpaired) electrons. The van der Waals surface area contributed by atoms with Gasteiger partial charge in [-0.2, -0.15) is 18.2 Å². The molecule has 0 spiro atoms. The SMILES string of the molecule is CC(Nc1nc(=O)n(C2CCNCC2)c(=O)[nH]1)c1ccc(C(F)(F)F)cc1. The van der Waals surface area contributed by atoms with E-state index in [9.17, 15) is 22.8 Å². The van der Waals surface area contributed by atoms with Gasteiger partial charge in [-0.15, -0.1) is 0 Å². The Morgan fingerprint density at radius 2 is 1.81 bits per heavy atom. The van der Waals surface area contributed by atoms with Crippen LogP contribution in [0.3, 0.4) is 0 Å². The number of aromatic amines is 1. The number of H-pyrrole nitrogens is 1. The van der Waals surface area contributed by atoms with Gasteiger partial charge in [-0.25, -0.2) is 14.2 Å². The van der Waals surface area contributed by atoms with Gasteiger partial charge in [-0.1, -0.05) is 12.1 Å². The molecular formula is C17H20F3N5O2. The molecule has 1 aromatic heterocycles. The molecule has 0 bridgehead atoms. The van der Waals surface area contributed by atoms with Crippen molar-refractivity contribution in [3.63, 3.8) is 0 Å². The van der Waals surface area contributed by atoms with Crippen molar-refractivity contribution in [2.75, 3.05) is 18.4 Å². The highest BCUT2D eigenvalue weighted by molar-refractivity contribution is 5.32. The normalized spacial score (nSPS) is 16.9. The van der Waals surface area contributed by atoms with E-state index >= 15 is 0 Å². The minimum absolute atomic E-state index is 0.0115. The summed E-state index contributed by atoms with van der Waals surface area (Å²) in [6, 6.07) is 4.00. The first-order valence-electron chi connectivity index (χ1n) is 8.63. The van der Waals surface area contributed by atoms with Crippen molar-refractivity contribution in [3.8, 4) is 0 Å². The molecule has 0 saturated carbocycles. The number of aromatic nitrogens is 3. The first kappa shape index (κ1) is 19.2. The maximum absolute atomic E-state index is 12.6. The molecule has 3 N–H and O–H groups in total. The van der Waals surface area contributed by atoms with Gasteiger partial charge in [-0.05, 0) is 50.6 Å². The standard InChI is InChI=1S/C17H20F3N5O2/c1-10(11-2-4-12(5-3-11)17(18,19)20)22-14-23-15(26)25(16(27)24-14)13-6-8-21-9-7-13/h2-5,10,13,21H,6-9H2,1H3,(H2,22,23,24,26,27). The van der Waals surface area contributed by atoms with E-state index in [-0.39, 0.29) is 12.0 Å². The number of hydrogen-bond donors (Lipinski definition) is 3. The third-order valence-electron chi connectivity index (χ3n) is 4.62. The maximum Gasteiger partial charge on any atom is 0.416 e. The largest absolute Gasteiger partial charge is 0.416 e. The van der Waals surface area contributed by atoms with E-state index in [1.54, 1.807) is 6.92 Å². The van der Waals surface area contributed by atoms with Gasteiger partial charge in [0, 0.05) is 6.04 Å². The number of benzene rings is 1. The first-order valence-corrected chi connectivity index (χ1v) is 8.63. The van der Waals surface area contributed by atoms with Gasteiger partial charge in [0.05, 0.1) is 11.6 Å². The second-order valence-corrected chi connectivity index (χ2v) is 6.51. The summed E-state index contributed by atoms with van der Waals surface area (Å²) in [7, 11) is 0. The zero-order valence-corrected chi connectivity index (χ0v) is 14.6. The molecule has 7 nitrogen and oxygen atoms in total. The molecule has 1 aliphatic rings. The highest BCUT2D eigenvalue weighted by Gasteiger charge is 2.30. The van der Waals surface area contributed by atoms with Crippen LogP contribution in [0.25, 0.3) is 0 Å².